The third-order valence-corrected chi connectivity index (χ3v) is 6.94. The number of hydrogen-bond donors (Lipinski definition) is 2. The van der Waals surface area contributed by atoms with Crippen molar-refractivity contribution < 1.29 is 28.5 Å². The fraction of sp³-hybridized carbons (Fsp3) is 0.400. The number of benzene rings is 2. The second-order valence-corrected chi connectivity index (χ2v) is 9.50. The molecule has 2 aliphatic heterocycles. The van der Waals surface area contributed by atoms with Crippen LogP contribution in [0.4, 0.5) is 0 Å². The van der Waals surface area contributed by atoms with Crippen molar-refractivity contribution in [3.8, 4) is 28.7 Å². The molecule has 0 spiro atoms. The Balaban J connectivity index is 1.43. The molecule has 3 N–H and O–H groups in total. The van der Waals surface area contributed by atoms with Crippen LogP contribution in [0.2, 0.25) is 0 Å². The van der Waals surface area contributed by atoms with Crippen LogP contribution in [-0.2, 0) is 17.6 Å². The number of nitrogens with one attached hydrogen (secondary N) is 1. The molecule has 0 amide bonds. The average molecular weight is 500 g/mol. The summed E-state index contributed by atoms with van der Waals surface area (Å²) in [5, 5.41) is 7.89. The van der Waals surface area contributed by atoms with Crippen molar-refractivity contribution in [1.82, 2.24) is 0 Å². The minimum absolute atomic E-state index is 0.00164. The standard InChI is InChI=1S/C25H29N3O6S/c1-13-18-10-9-17(34-21(18)23(31-4)22(30-3)20(13)33-14(2)29)12-32-16-7-5-15(6-8-16)11-19-24(26)28-25(27)35-19/h5-8,17,19H,9-12H2,1-4H3,(H3,26,27,28). The summed E-state index contributed by atoms with van der Waals surface area (Å²) < 4.78 is 28.8. The maximum absolute atomic E-state index is 11.6. The number of thioether (sulfide) groups is 1. The molecular formula is C25H29N3O6S. The normalized spacial score (nSPS) is 18.9. The topological polar surface area (TPSA) is 125 Å². The molecule has 0 saturated carbocycles. The predicted molar refractivity (Wildman–Crippen MR) is 135 cm³/mol. The molecule has 10 heteroatoms. The zero-order valence-electron chi connectivity index (χ0n) is 20.2. The number of rotatable bonds is 8. The van der Waals surface area contributed by atoms with Gasteiger partial charge in [0.1, 0.15) is 24.3 Å². The van der Waals surface area contributed by atoms with E-state index in [2.05, 4.69) is 4.99 Å². The molecule has 2 aromatic rings. The summed E-state index contributed by atoms with van der Waals surface area (Å²) in [6, 6.07) is 7.83. The van der Waals surface area contributed by atoms with E-state index in [-0.39, 0.29) is 16.5 Å². The van der Waals surface area contributed by atoms with Gasteiger partial charge < -0.3 is 29.4 Å². The summed E-state index contributed by atoms with van der Waals surface area (Å²) in [6.07, 6.45) is 1.99. The lowest BCUT2D eigenvalue weighted by atomic mass is 9.96. The number of fused-ring (bicyclic) bond motifs is 1. The molecule has 0 bridgehead atoms. The van der Waals surface area contributed by atoms with Gasteiger partial charge in [0.25, 0.3) is 0 Å². The zero-order chi connectivity index (χ0) is 25.1. The van der Waals surface area contributed by atoms with Gasteiger partial charge >= 0.3 is 5.97 Å². The smallest absolute Gasteiger partial charge is 0.308 e. The molecule has 2 unspecified atom stereocenters. The third-order valence-electron chi connectivity index (χ3n) is 5.94. The van der Waals surface area contributed by atoms with Crippen LogP contribution in [0, 0.1) is 12.3 Å². The maximum atomic E-state index is 11.6. The van der Waals surface area contributed by atoms with Crippen LogP contribution in [0.1, 0.15) is 30.0 Å². The summed E-state index contributed by atoms with van der Waals surface area (Å²) >= 11 is 1.37. The van der Waals surface area contributed by atoms with E-state index in [4.69, 9.17) is 34.8 Å². The zero-order valence-corrected chi connectivity index (χ0v) is 21.0. The van der Waals surface area contributed by atoms with E-state index >= 15 is 0 Å². The lowest BCUT2D eigenvalue weighted by molar-refractivity contribution is -0.132. The number of hydrogen-bond acceptors (Lipinski definition) is 9. The molecule has 186 valence electrons. The molecular weight excluding hydrogens is 470 g/mol. The summed E-state index contributed by atoms with van der Waals surface area (Å²) in [6.45, 7) is 3.60. The van der Waals surface area contributed by atoms with Crippen LogP contribution < -0.4 is 29.4 Å². The monoisotopic (exact) mass is 499 g/mol. The quantitative estimate of drug-likeness (QED) is 0.416. The van der Waals surface area contributed by atoms with Crippen molar-refractivity contribution in [3.63, 3.8) is 0 Å². The number of carbonyl (C=O) groups is 1. The Labute approximate surface area is 208 Å². The van der Waals surface area contributed by atoms with E-state index < -0.39 is 5.97 Å². The molecule has 9 nitrogen and oxygen atoms in total. The van der Waals surface area contributed by atoms with Crippen molar-refractivity contribution in [2.45, 2.75) is 44.5 Å². The van der Waals surface area contributed by atoms with Crippen molar-refractivity contribution in [3.05, 3.63) is 41.0 Å². The number of carbonyl (C=O) groups excluding carboxylic acids is 1. The highest BCUT2D eigenvalue weighted by atomic mass is 32.2. The number of nitrogens with two attached hydrogens (primary N) is 1. The molecule has 2 aromatic carbocycles. The van der Waals surface area contributed by atoms with Crippen LogP contribution in [0.3, 0.4) is 0 Å². The first-order valence-electron chi connectivity index (χ1n) is 11.2. The van der Waals surface area contributed by atoms with Gasteiger partial charge in [0, 0.05) is 18.1 Å². The molecule has 0 radical (unpaired) electrons. The molecule has 0 saturated heterocycles. The molecule has 35 heavy (non-hydrogen) atoms. The molecule has 0 fully saturated rings. The third kappa shape index (κ3) is 5.32. The number of nitrogens with zero attached hydrogens (tertiary/aromatic N) is 1. The van der Waals surface area contributed by atoms with Crippen LogP contribution in [0.15, 0.2) is 29.3 Å². The predicted octanol–water partition coefficient (Wildman–Crippen LogP) is 3.66. The lowest BCUT2D eigenvalue weighted by Crippen LogP contribution is -2.30. The van der Waals surface area contributed by atoms with E-state index in [1.54, 1.807) is 0 Å². The first-order valence-corrected chi connectivity index (χ1v) is 12.1. The van der Waals surface area contributed by atoms with Crippen LogP contribution in [-0.4, -0.2) is 49.2 Å². The van der Waals surface area contributed by atoms with Gasteiger partial charge in [0.15, 0.2) is 16.7 Å². The Morgan fingerprint density at radius 1 is 1.20 bits per heavy atom. The Morgan fingerprint density at radius 3 is 2.51 bits per heavy atom. The molecule has 2 heterocycles. The summed E-state index contributed by atoms with van der Waals surface area (Å²) in [7, 11) is 3.03. The number of esters is 1. The van der Waals surface area contributed by atoms with Gasteiger partial charge in [0.05, 0.1) is 19.5 Å². The minimum atomic E-state index is -0.430. The Bertz CT molecular complexity index is 1170. The highest BCUT2D eigenvalue weighted by Gasteiger charge is 2.32. The molecule has 2 atom stereocenters. The van der Waals surface area contributed by atoms with E-state index in [1.807, 2.05) is 31.2 Å². The van der Waals surface area contributed by atoms with E-state index in [0.29, 0.717) is 41.9 Å². The van der Waals surface area contributed by atoms with E-state index in [1.165, 1.54) is 32.9 Å². The maximum Gasteiger partial charge on any atom is 0.308 e. The largest absolute Gasteiger partial charge is 0.490 e. The first-order chi connectivity index (χ1) is 16.8. The first kappa shape index (κ1) is 24.7. The van der Waals surface area contributed by atoms with Gasteiger partial charge in [-0.2, -0.15) is 0 Å². The lowest BCUT2D eigenvalue weighted by Gasteiger charge is -2.30. The number of ether oxygens (including phenoxy) is 5. The van der Waals surface area contributed by atoms with Crippen LogP contribution in [0.5, 0.6) is 28.7 Å². The highest BCUT2D eigenvalue weighted by Crippen LogP contribution is 2.51. The van der Waals surface area contributed by atoms with Crippen molar-refractivity contribution in [2.24, 2.45) is 10.7 Å². The van der Waals surface area contributed by atoms with Crippen molar-refractivity contribution >= 4 is 28.7 Å². The van der Waals surface area contributed by atoms with Crippen molar-refractivity contribution in [1.29, 1.82) is 5.41 Å². The minimum Gasteiger partial charge on any atom is -0.490 e. The summed E-state index contributed by atoms with van der Waals surface area (Å²) in [5.41, 5.74) is 8.72. The van der Waals surface area contributed by atoms with Gasteiger partial charge in [-0.05, 0) is 43.9 Å². The fourth-order valence-corrected chi connectivity index (χ4v) is 5.09. The molecule has 2 aliphatic rings. The Kier molecular flexibility index (Phi) is 7.39. The van der Waals surface area contributed by atoms with Crippen LogP contribution in [0.25, 0.3) is 0 Å². The Hall–Kier alpha value is -3.40. The van der Waals surface area contributed by atoms with Gasteiger partial charge in [-0.25, -0.2) is 4.99 Å². The summed E-state index contributed by atoms with van der Waals surface area (Å²) in [5.74, 6) is 2.48. The van der Waals surface area contributed by atoms with Crippen molar-refractivity contribution in [2.75, 3.05) is 20.8 Å². The van der Waals surface area contributed by atoms with Gasteiger partial charge in [-0.15, -0.1) is 0 Å². The van der Waals surface area contributed by atoms with Gasteiger partial charge in [-0.1, -0.05) is 23.9 Å². The number of aliphatic imine (C=N–C) groups is 1. The fourth-order valence-electron chi connectivity index (χ4n) is 4.21. The number of methoxy groups -OCH3 is 2. The highest BCUT2D eigenvalue weighted by molar-refractivity contribution is 8.15. The summed E-state index contributed by atoms with van der Waals surface area (Å²) in [4.78, 5) is 15.6. The number of amidine groups is 2. The second kappa shape index (κ2) is 10.5. The van der Waals surface area contributed by atoms with Gasteiger partial charge in [-0.3, -0.25) is 10.2 Å². The molecule has 0 aliphatic carbocycles. The molecule has 4 rings (SSSR count). The second-order valence-electron chi connectivity index (χ2n) is 8.31. The average Bonchev–Trinajstić information content (AvgIpc) is 3.15. The van der Waals surface area contributed by atoms with E-state index in [9.17, 15) is 4.79 Å². The molecule has 0 aromatic heterocycles. The van der Waals surface area contributed by atoms with E-state index in [0.717, 1.165) is 35.3 Å². The SMILES string of the molecule is COc1c(OC(C)=O)c(C)c2c(c1OC)OC(COc1ccc(CC3SC(=N)N=C3N)cc1)CC2. The van der Waals surface area contributed by atoms with Crippen LogP contribution >= 0.6 is 11.8 Å². The van der Waals surface area contributed by atoms with Gasteiger partial charge in [0.2, 0.25) is 11.5 Å². The Morgan fingerprint density at radius 2 is 1.91 bits per heavy atom.